The minimum absolute atomic E-state index is 0.0300. The van der Waals surface area contributed by atoms with Crippen molar-refractivity contribution in [2.75, 3.05) is 13.1 Å². The van der Waals surface area contributed by atoms with Gasteiger partial charge in [0, 0.05) is 19.0 Å². The van der Waals surface area contributed by atoms with Crippen LogP contribution in [0.15, 0.2) is 0 Å². The van der Waals surface area contributed by atoms with Gasteiger partial charge in [-0.1, -0.05) is 13.3 Å². The highest BCUT2D eigenvalue weighted by Gasteiger charge is 2.21. The summed E-state index contributed by atoms with van der Waals surface area (Å²) in [6.45, 7) is 2.73. The van der Waals surface area contributed by atoms with Crippen molar-refractivity contribution in [3.8, 4) is 0 Å². The Labute approximate surface area is 95.6 Å². The van der Waals surface area contributed by atoms with Crippen LogP contribution in [0.5, 0.6) is 0 Å². The molecule has 1 atom stereocenters. The summed E-state index contributed by atoms with van der Waals surface area (Å²) in [6, 6.07) is 0.520. The minimum atomic E-state index is -0.808. The van der Waals surface area contributed by atoms with Crippen LogP contribution in [0.25, 0.3) is 0 Å². The lowest BCUT2D eigenvalue weighted by molar-refractivity contribution is -0.138. The molecule has 5 heteroatoms. The molecule has 0 aliphatic heterocycles. The van der Waals surface area contributed by atoms with E-state index in [0.29, 0.717) is 19.1 Å². The molecular weight excluding hydrogens is 208 g/mol. The third-order valence-electron chi connectivity index (χ3n) is 2.76. The summed E-state index contributed by atoms with van der Waals surface area (Å²) in [6.07, 6.45) is 3.20. The minimum Gasteiger partial charge on any atom is -0.481 e. The zero-order valence-corrected chi connectivity index (χ0v) is 9.66. The third kappa shape index (κ3) is 5.70. The molecule has 0 aromatic rings. The van der Waals surface area contributed by atoms with Crippen LogP contribution in [0.3, 0.4) is 0 Å². The Morgan fingerprint density at radius 1 is 1.44 bits per heavy atom. The lowest BCUT2D eigenvalue weighted by Gasteiger charge is -2.13. The van der Waals surface area contributed by atoms with Gasteiger partial charge in [0.05, 0.1) is 6.54 Å². The summed E-state index contributed by atoms with van der Waals surface area (Å²) in [5.41, 5.74) is 0. The number of hydrogen-bond acceptors (Lipinski definition) is 3. The summed E-state index contributed by atoms with van der Waals surface area (Å²) in [7, 11) is 0. The van der Waals surface area contributed by atoms with Crippen LogP contribution in [-0.2, 0) is 9.59 Å². The second-order valence-electron chi connectivity index (χ2n) is 4.33. The van der Waals surface area contributed by atoms with E-state index < -0.39 is 5.97 Å². The predicted molar refractivity (Wildman–Crippen MR) is 60.1 cm³/mol. The van der Waals surface area contributed by atoms with Crippen LogP contribution in [0, 0.1) is 5.92 Å². The number of nitrogens with one attached hydrogen (secondary N) is 2. The van der Waals surface area contributed by atoms with Crippen LogP contribution in [0.4, 0.5) is 0 Å². The van der Waals surface area contributed by atoms with Gasteiger partial charge >= 0.3 is 5.97 Å². The van der Waals surface area contributed by atoms with E-state index in [1.165, 1.54) is 0 Å². The quantitative estimate of drug-likeness (QED) is 0.560. The van der Waals surface area contributed by atoms with Crippen molar-refractivity contribution in [3.63, 3.8) is 0 Å². The summed E-state index contributed by atoms with van der Waals surface area (Å²) >= 11 is 0. The number of hydrogen-bond donors (Lipinski definition) is 3. The largest absolute Gasteiger partial charge is 0.481 e. The highest BCUT2D eigenvalue weighted by atomic mass is 16.4. The van der Waals surface area contributed by atoms with Crippen LogP contribution >= 0.6 is 0 Å². The number of carboxylic acids is 1. The summed E-state index contributed by atoms with van der Waals surface area (Å²) in [4.78, 5) is 21.9. The molecule has 1 fully saturated rings. The molecule has 3 N–H and O–H groups in total. The molecule has 0 saturated heterocycles. The number of amides is 1. The fraction of sp³-hybridized carbons (Fsp3) is 0.818. The first-order valence-corrected chi connectivity index (χ1v) is 5.83. The molecule has 0 aromatic heterocycles. The van der Waals surface area contributed by atoms with Gasteiger partial charge in [-0.05, 0) is 18.8 Å². The molecule has 1 aliphatic rings. The Balaban J connectivity index is 2.09. The number of rotatable bonds is 8. The van der Waals surface area contributed by atoms with E-state index in [4.69, 9.17) is 5.11 Å². The van der Waals surface area contributed by atoms with Gasteiger partial charge in [-0.2, -0.15) is 0 Å². The first-order chi connectivity index (χ1) is 7.61. The molecule has 1 amide bonds. The average Bonchev–Trinajstić information content (AvgIpc) is 3.04. The zero-order valence-electron chi connectivity index (χ0n) is 9.66. The maximum absolute atomic E-state index is 11.4. The van der Waals surface area contributed by atoms with E-state index in [0.717, 1.165) is 19.3 Å². The van der Waals surface area contributed by atoms with Crippen molar-refractivity contribution in [2.45, 2.75) is 38.6 Å². The van der Waals surface area contributed by atoms with Crippen LogP contribution in [0.2, 0.25) is 0 Å². The fourth-order valence-corrected chi connectivity index (χ4v) is 1.45. The highest BCUT2D eigenvalue weighted by molar-refractivity contribution is 5.78. The highest BCUT2D eigenvalue weighted by Crippen LogP contribution is 2.17. The Morgan fingerprint density at radius 3 is 2.62 bits per heavy atom. The van der Waals surface area contributed by atoms with E-state index in [1.54, 1.807) is 0 Å². The average molecular weight is 228 g/mol. The molecule has 16 heavy (non-hydrogen) atoms. The van der Waals surface area contributed by atoms with Gasteiger partial charge in [0.1, 0.15) is 0 Å². The van der Waals surface area contributed by atoms with Crippen molar-refractivity contribution >= 4 is 11.9 Å². The van der Waals surface area contributed by atoms with Crippen molar-refractivity contribution in [1.29, 1.82) is 0 Å². The Morgan fingerprint density at radius 2 is 2.12 bits per heavy atom. The second kappa shape index (κ2) is 6.48. The first-order valence-electron chi connectivity index (χ1n) is 5.83. The van der Waals surface area contributed by atoms with Crippen LogP contribution in [0.1, 0.15) is 32.6 Å². The lowest BCUT2D eigenvalue weighted by atomic mass is 10.0. The van der Waals surface area contributed by atoms with E-state index in [2.05, 4.69) is 10.6 Å². The van der Waals surface area contributed by atoms with E-state index in [1.807, 2.05) is 6.92 Å². The number of carbonyl (C=O) groups is 2. The standard InChI is InChI=1S/C11H20N2O3/c1-2-8(5-11(15)16)6-13-10(14)7-12-9-3-4-9/h8-9,12H,2-7H2,1H3,(H,13,14)(H,15,16). The number of carboxylic acid groups (broad SMARTS) is 1. The molecule has 0 spiro atoms. The normalized spacial score (nSPS) is 16.8. The van der Waals surface area contributed by atoms with E-state index in [9.17, 15) is 9.59 Å². The van der Waals surface area contributed by atoms with Crippen molar-refractivity contribution in [1.82, 2.24) is 10.6 Å². The third-order valence-corrected chi connectivity index (χ3v) is 2.76. The molecular formula is C11H20N2O3. The fourth-order valence-electron chi connectivity index (χ4n) is 1.45. The number of aliphatic carboxylic acids is 1. The molecule has 0 aromatic carbocycles. The smallest absolute Gasteiger partial charge is 0.303 e. The Bertz CT molecular complexity index is 252. The molecule has 1 saturated carbocycles. The molecule has 0 radical (unpaired) electrons. The molecule has 0 heterocycles. The maximum atomic E-state index is 11.4. The van der Waals surface area contributed by atoms with Gasteiger partial charge in [-0.25, -0.2) is 0 Å². The molecule has 1 aliphatic carbocycles. The molecule has 5 nitrogen and oxygen atoms in total. The molecule has 0 bridgehead atoms. The second-order valence-corrected chi connectivity index (χ2v) is 4.33. The van der Waals surface area contributed by atoms with Gasteiger partial charge in [-0.15, -0.1) is 0 Å². The van der Waals surface area contributed by atoms with Gasteiger partial charge < -0.3 is 15.7 Å². The Kier molecular flexibility index (Phi) is 5.25. The predicted octanol–water partition coefficient (Wildman–Crippen LogP) is 0.355. The SMILES string of the molecule is CCC(CNC(=O)CNC1CC1)CC(=O)O. The number of carbonyl (C=O) groups excluding carboxylic acids is 1. The molecule has 92 valence electrons. The Hall–Kier alpha value is -1.10. The maximum Gasteiger partial charge on any atom is 0.303 e. The van der Waals surface area contributed by atoms with Crippen LogP contribution < -0.4 is 10.6 Å². The lowest BCUT2D eigenvalue weighted by Crippen LogP contribution is -2.37. The van der Waals surface area contributed by atoms with Crippen molar-refractivity contribution < 1.29 is 14.7 Å². The van der Waals surface area contributed by atoms with Gasteiger partial charge in [0.25, 0.3) is 0 Å². The van der Waals surface area contributed by atoms with Gasteiger partial charge in [0.2, 0.25) is 5.91 Å². The molecule has 1 unspecified atom stereocenters. The van der Waals surface area contributed by atoms with Crippen LogP contribution in [-0.4, -0.2) is 36.1 Å². The molecule has 1 rings (SSSR count). The van der Waals surface area contributed by atoms with Crippen molar-refractivity contribution in [2.24, 2.45) is 5.92 Å². The summed E-state index contributed by atoms with van der Waals surface area (Å²) < 4.78 is 0. The zero-order chi connectivity index (χ0) is 12.0. The topological polar surface area (TPSA) is 78.4 Å². The van der Waals surface area contributed by atoms with Crippen molar-refractivity contribution in [3.05, 3.63) is 0 Å². The summed E-state index contributed by atoms with van der Waals surface area (Å²) in [5.74, 6) is -0.824. The van der Waals surface area contributed by atoms with Gasteiger partial charge in [-0.3, -0.25) is 9.59 Å². The van der Waals surface area contributed by atoms with Gasteiger partial charge in [0.15, 0.2) is 0 Å². The monoisotopic (exact) mass is 228 g/mol. The first kappa shape index (κ1) is 13.0. The summed E-state index contributed by atoms with van der Waals surface area (Å²) in [5, 5.41) is 14.5. The van der Waals surface area contributed by atoms with E-state index in [-0.39, 0.29) is 18.2 Å². The van der Waals surface area contributed by atoms with E-state index >= 15 is 0 Å².